The van der Waals surface area contributed by atoms with Crippen LogP contribution in [0, 0.1) is 11.7 Å². The molecule has 5 heteroatoms. The van der Waals surface area contributed by atoms with Gasteiger partial charge in [0.2, 0.25) is 11.8 Å². The molecule has 2 aromatic rings. The molecule has 1 aliphatic rings. The van der Waals surface area contributed by atoms with Crippen molar-refractivity contribution in [2.24, 2.45) is 5.92 Å². The average Bonchev–Trinajstić information content (AvgIpc) is 3.01. The summed E-state index contributed by atoms with van der Waals surface area (Å²) < 4.78 is 13.3. The van der Waals surface area contributed by atoms with Crippen LogP contribution in [0.1, 0.15) is 17.5 Å². The van der Waals surface area contributed by atoms with E-state index in [0.717, 1.165) is 12.0 Å². The van der Waals surface area contributed by atoms with Crippen LogP contribution in [-0.4, -0.2) is 41.8 Å². The number of likely N-dealkylation sites (tertiary alicyclic amines) is 1. The third kappa shape index (κ3) is 4.48. The van der Waals surface area contributed by atoms with Crippen LogP contribution in [0.15, 0.2) is 54.6 Å². The van der Waals surface area contributed by atoms with Crippen molar-refractivity contribution >= 4 is 11.8 Å². The molecule has 1 aliphatic heterocycles. The van der Waals surface area contributed by atoms with E-state index < -0.39 is 0 Å². The molecule has 4 nitrogen and oxygen atoms in total. The minimum Gasteiger partial charge on any atom is -0.342 e. The first-order valence-electron chi connectivity index (χ1n) is 8.84. The van der Waals surface area contributed by atoms with Crippen molar-refractivity contribution in [3.63, 3.8) is 0 Å². The van der Waals surface area contributed by atoms with Gasteiger partial charge in [0.25, 0.3) is 0 Å². The molecule has 0 saturated carbocycles. The lowest BCUT2D eigenvalue weighted by atomic mass is 10.1. The Morgan fingerprint density at radius 1 is 1.15 bits per heavy atom. The number of hydrogen-bond donors (Lipinski definition) is 0. The molecule has 1 heterocycles. The molecule has 0 radical (unpaired) electrons. The maximum absolute atomic E-state index is 13.3. The van der Waals surface area contributed by atoms with Gasteiger partial charge < -0.3 is 9.80 Å². The van der Waals surface area contributed by atoms with Gasteiger partial charge in [-0.3, -0.25) is 9.59 Å². The van der Waals surface area contributed by atoms with Crippen molar-refractivity contribution in [1.29, 1.82) is 0 Å². The molecule has 2 amide bonds. The lowest BCUT2D eigenvalue weighted by Crippen LogP contribution is -2.34. The van der Waals surface area contributed by atoms with Crippen LogP contribution in [-0.2, 0) is 22.6 Å². The molecule has 1 fully saturated rings. The quantitative estimate of drug-likeness (QED) is 0.800. The van der Waals surface area contributed by atoms with Gasteiger partial charge in [-0.1, -0.05) is 42.5 Å². The lowest BCUT2D eigenvalue weighted by molar-refractivity contribution is -0.135. The monoisotopic (exact) mass is 354 g/mol. The van der Waals surface area contributed by atoms with Gasteiger partial charge in [0.15, 0.2) is 0 Å². The minimum atomic E-state index is -0.322. The molecular weight excluding hydrogens is 331 g/mol. The summed E-state index contributed by atoms with van der Waals surface area (Å²) in [4.78, 5) is 28.2. The van der Waals surface area contributed by atoms with E-state index in [9.17, 15) is 14.0 Å². The van der Waals surface area contributed by atoms with E-state index >= 15 is 0 Å². The second kappa shape index (κ2) is 8.13. The van der Waals surface area contributed by atoms with Gasteiger partial charge in [0.05, 0.1) is 5.92 Å². The highest BCUT2D eigenvalue weighted by atomic mass is 19.1. The van der Waals surface area contributed by atoms with Crippen LogP contribution in [0.25, 0.3) is 0 Å². The maximum atomic E-state index is 13.3. The van der Waals surface area contributed by atoms with Gasteiger partial charge in [-0.05, 0) is 29.7 Å². The zero-order valence-corrected chi connectivity index (χ0v) is 14.9. The predicted octanol–water partition coefficient (Wildman–Crippen LogP) is 2.88. The Kier molecular flexibility index (Phi) is 5.66. The Bertz CT molecular complexity index is 779. The summed E-state index contributed by atoms with van der Waals surface area (Å²) in [6, 6.07) is 16.2. The third-order valence-corrected chi connectivity index (χ3v) is 4.76. The molecule has 1 saturated heterocycles. The standard InChI is InChI=1S/C21H23FN2O2/c1-23(14-17-8-5-9-19(22)12-17)21(26)18-13-20(25)24(15-18)11-10-16-6-3-2-4-7-16/h2-9,12,18H,10-11,13-15H2,1H3. The molecular formula is C21H23FN2O2. The Labute approximate surface area is 153 Å². The second-order valence-corrected chi connectivity index (χ2v) is 6.80. The van der Waals surface area contributed by atoms with E-state index in [-0.39, 0.29) is 30.0 Å². The molecule has 0 aliphatic carbocycles. The van der Waals surface area contributed by atoms with Crippen molar-refractivity contribution in [2.75, 3.05) is 20.1 Å². The predicted molar refractivity (Wildman–Crippen MR) is 97.7 cm³/mol. The first-order valence-corrected chi connectivity index (χ1v) is 8.84. The fourth-order valence-corrected chi connectivity index (χ4v) is 3.36. The summed E-state index contributed by atoms with van der Waals surface area (Å²) in [5, 5.41) is 0. The molecule has 0 bridgehead atoms. The van der Waals surface area contributed by atoms with Crippen LogP contribution < -0.4 is 0 Å². The summed E-state index contributed by atoms with van der Waals surface area (Å²) >= 11 is 0. The minimum absolute atomic E-state index is 0.0263. The second-order valence-electron chi connectivity index (χ2n) is 6.80. The maximum Gasteiger partial charge on any atom is 0.228 e. The number of benzene rings is 2. The molecule has 136 valence electrons. The lowest BCUT2D eigenvalue weighted by Gasteiger charge is -2.21. The topological polar surface area (TPSA) is 40.6 Å². The van der Waals surface area contributed by atoms with E-state index in [0.29, 0.717) is 19.6 Å². The van der Waals surface area contributed by atoms with Crippen molar-refractivity contribution < 1.29 is 14.0 Å². The van der Waals surface area contributed by atoms with Crippen LogP contribution in [0.2, 0.25) is 0 Å². The number of halogens is 1. The molecule has 3 rings (SSSR count). The van der Waals surface area contributed by atoms with Crippen LogP contribution in [0.5, 0.6) is 0 Å². The largest absolute Gasteiger partial charge is 0.342 e. The molecule has 0 N–H and O–H groups in total. The first kappa shape index (κ1) is 18.1. The summed E-state index contributed by atoms with van der Waals surface area (Å²) in [7, 11) is 1.70. The number of carbonyl (C=O) groups is 2. The highest BCUT2D eigenvalue weighted by molar-refractivity contribution is 5.89. The van der Waals surface area contributed by atoms with E-state index in [4.69, 9.17) is 0 Å². The van der Waals surface area contributed by atoms with E-state index in [1.54, 1.807) is 29.0 Å². The van der Waals surface area contributed by atoms with Crippen LogP contribution >= 0.6 is 0 Å². The van der Waals surface area contributed by atoms with E-state index in [1.807, 2.05) is 30.3 Å². The Balaban J connectivity index is 1.54. The van der Waals surface area contributed by atoms with E-state index in [1.165, 1.54) is 17.7 Å². The number of carbonyl (C=O) groups excluding carboxylic acids is 2. The van der Waals surface area contributed by atoms with Crippen LogP contribution in [0.3, 0.4) is 0 Å². The smallest absolute Gasteiger partial charge is 0.228 e. The van der Waals surface area contributed by atoms with Crippen LogP contribution in [0.4, 0.5) is 4.39 Å². The molecule has 26 heavy (non-hydrogen) atoms. The summed E-state index contributed by atoms with van der Waals surface area (Å²) in [6.45, 7) is 1.42. The number of nitrogens with zero attached hydrogens (tertiary/aromatic N) is 2. The van der Waals surface area contributed by atoms with Crippen molar-refractivity contribution in [3.05, 3.63) is 71.5 Å². The first-order chi connectivity index (χ1) is 12.5. The van der Waals surface area contributed by atoms with Gasteiger partial charge in [-0.25, -0.2) is 4.39 Å². The Morgan fingerprint density at radius 3 is 2.62 bits per heavy atom. The zero-order chi connectivity index (χ0) is 18.5. The van der Waals surface area contributed by atoms with Crippen molar-refractivity contribution in [3.8, 4) is 0 Å². The molecule has 2 aromatic carbocycles. The highest BCUT2D eigenvalue weighted by Gasteiger charge is 2.35. The number of rotatable bonds is 6. The van der Waals surface area contributed by atoms with Crippen molar-refractivity contribution in [1.82, 2.24) is 9.80 Å². The van der Waals surface area contributed by atoms with Gasteiger partial charge in [0.1, 0.15) is 5.82 Å². The van der Waals surface area contributed by atoms with Crippen molar-refractivity contribution in [2.45, 2.75) is 19.4 Å². The summed E-state index contributed by atoms with van der Waals surface area (Å²) in [5.74, 6) is -0.674. The fourth-order valence-electron chi connectivity index (χ4n) is 3.36. The third-order valence-electron chi connectivity index (χ3n) is 4.76. The number of hydrogen-bond acceptors (Lipinski definition) is 2. The molecule has 1 unspecified atom stereocenters. The normalized spacial score (nSPS) is 16.8. The molecule has 0 aromatic heterocycles. The molecule has 1 atom stereocenters. The summed E-state index contributed by atoms with van der Waals surface area (Å²) in [5.41, 5.74) is 1.92. The van der Waals surface area contributed by atoms with Gasteiger partial charge in [-0.2, -0.15) is 0 Å². The zero-order valence-electron chi connectivity index (χ0n) is 14.9. The average molecular weight is 354 g/mol. The fraction of sp³-hybridized carbons (Fsp3) is 0.333. The Morgan fingerprint density at radius 2 is 1.88 bits per heavy atom. The van der Waals surface area contributed by atoms with Gasteiger partial charge in [-0.15, -0.1) is 0 Å². The van der Waals surface area contributed by atoms with Gasteiger partial charge >= 0.3 is 0 Å². The Hall–Kier alpha value is -2.69. The SMILES string of the molecule is CN(Cc1cccc(F)c1)C(=O)C1CC(=O)N(CCc2ccccc2)C1. The highest BCUT2D eigenvalue weighted by Crippen LogP contribution is 2.21. The molecule has 0 spiro atoms. The summed E-state index contributed by atoms with van der Waals surface area (Å²) in [6.07, 6.45) is 1.04. The van der Waals surface area contributed by atoms with Gasteiger partial charge in [0, 0.05) is 33.1 Å². The van der Waals surface area contributed by atoms with E-state index in [2.05, 4.69) is 0 Å². The number of amides is 2.